The van der Waals surface area contributed by atoms with Crippen molar-refractivity contribution in [3.63, 3.8) is 0 Å². The van der Waals surface area contributed by atoms with Gasteiger partial charge < -0.3 is 0 Å². The Balaban J connectivity index is 0.000000352. The third kappa shape index (κ3) is 46.7. The van der Waals surface area contributed by atoms with Gasteiger partial charge in [-0.05, 0) is 306 Å². The van der Waals surface area contributed by atoms with Crippen LogP contribution in [0.5, 0.6) is 0 Å². The van der Waals surface area contributed by atoms with Gasteiger partial charge in [0.15, 0.2) is 0 Å². The molecule has 2 aliphatic carbocycles. The Labute approximate surface area is 740 Å². The van der Waals surface area contributed by atoms with Crippen molar-refractivity contribution in [2.24, 2.45) is 23.7 Å². The average molecular weight is 1620 g/mol. The van der Waals surface area contributed by atoms with E-state index in [0.717, 1.165) is 29.6 Å². The van der Waals surface area contributed by atoms with Crippen LogP contribution in [0, 0.1) is 134 Å². The van der Waals surface area contributed by atoms with Crippen LogP contribution >= 0.6 is 0 Å². The molecule has 2 unspecified atom stereocenters. The largest absolute Gasteiger partial charge is 0.0654 e. The van der Waals surface area contributed by atoms with Crippen LogP contribution in [0.15, 0.2) is 146 Å². The summed E-state index contributed by atoms with van der Waals surface area (Å²) in [7, 11) is 0. The lowest BCUT2D eigenvalue weighted by Gasteiger charge is -2.23. The molecular formula is C119H186. The number of aryl methyl sites for hydroxylation is 19. The van der Waals surface area contributed by atoms with Crippen molar-refractivity contribution in [3.05, 3.63) is 279 Å². The molecule has 0 saturated heterocycles. The van der Waals surface area contributed by atoms with Crippen molar-refractivity contribution >= 4 is 0 Å². The van der Waals surface area contributed by atoms with Crippen molar-refractivity contribution < 1.29 is 0 Å². The Kier molecular flexibility index (Phi) is 58.0. The van der Waals surface area contributed by atoms with E-state index >= 15 is 0 Å². The summed E-state index contributed by atoms with van der Waals surface area (Å²) in [5, 5.41) is 0. The molecule has 0 N–H and O–H groups in total. The van der Waals surface area contributed by atoms with E-state index in [-0.39, 0.29) is 0 Å². The normalized spacial score (nSPS) is 13.1. The minimum absolute atomic E-state index is 0.851. The molecule has 2 fully saturated rings. The zero-order valence-corrected chi connectivity index (χ0v) is 82.7. The van der Waals surface area contributed by atoms with Crippen LogP contribution < -0.4 is 0 Å². The lowest BCUT2D eigenvalue weighted by Crippen LogP contribution is -2.10. The maximum Gasteiger partial charge on any atom is -0.0159 e. The predicted molar refractivity (Wildman–Crippen MR) is 538 cm³/mol. The monoisotopic (exact) mass is 1620 g/mol. The van der Waals surface area contributed by atoms with Gasteiger partial charge in [0.1, 0.15) is 0 Å². The molecule has 10 rings (SSSR count). The van der Waals surface area contributed by atoms with Crippen molar-refractivity contribution in [1.82, 2.24) is 0 Å². The molecule has 0 bridgehead atoms. The van der Waals surface area contributed by atoms with Gasteiger partial charge in [0.2, 0.25) is 0 Å². The number of hydrogen-bond donors (Lipinski definition) is 0. The SMILES string of the molecule is CCC(CC)Cc1cc(C)ccc1C.CCCC(CC)Cc1cc(C)ccc1C.CCCCC(CC)Cc1cc(C)ccc1C.CCCCCCCCc1cc(C)ccc1C.CCCCCCCc1cc(C)ccc1C.CCCCCCc1cc(C)ccc1C.Cc1ccc(C)c(C2CCCCC2)c1.Cc1ccc(C)c(CC2CCCCC2)c1. The molecule has 0 radical (unpaired) electrons. The first-order chi connectivity index (χ1) is 57.2. The highest BCUT2D eigenvalue weighted by atomic mass is 14.2. The second-order valence-corrected chi connectivity index (χ2v) is 37.7. The van der Waals surface area contributed by atoms with Gasteiger partial charge >= 0.3 is 0 Å². The predicted octanol–water partition coefficient (Wildman–Crippen LogP) is 37.2. The standard InChI is InChI=1S/2C16H26.C15H22.2C15H24.C14H20.2C14H22/c1-5-7-8-15(6-2)12-16-11-13(3)9-10-14(16)4;1-4-5-6-7-8-9-10-16-13-14(2)11-12-15(16)3;1-12-8-9-13(2)15(10-12)11-14-6-4-3-5-7-14;1-5-7-14(6-2)11-15-10-12(3)8-9-13(15)4;1-4-5-6-7-8-9-15-12-13(2)10-11-14(15)3;1-11-8-9-12(2)14(10-11)13-6-4-3-5-7-13;1-5-13(6-2)10-14-9-11(3)7-8-12(14)4;1-4-5-6-7-8-14-11-12(2)9-10-13(14)3/h9-11,15H,5-8,12H2,1-4H3;11-13H,4-10H2,1-3H3;8-10,14H,3-7,11H2,1-2H3;8-10,14H,5-7,11H2,1-4H3;10-12H,4-9H2,1-3H3;8-10,13H,3-7H2,1-2H3;7-9,13H,5-6,10H2,1-4H3;9-11H,4-8H2,1-3H3. The Morgan fingerprint density at radius 3 is 0.824 bits per heavy atom. The van der Waals surface area contributed by atoms with Gasteiger partial charge in [-0.2, -0.15) is 0 Å². The molecule has 2 aliphatic rings. The molecule has 0 amide bonds. The molecule has 0 aliphatic heterocycles. The third-order valence-corrected chi connectivity index (χ3v) is 26.4. The first-order valence-electron chi connectivity index (χ1n) is 49.7. The Morgan fingerprint density at radius 1 is 0.227 bits per heavy atom. The molecule has 0 aromatic heterocycles. The summed E-state index contributed by atoms with van der Waals surface area (Å²) in [6.45, 7) is 55.9. The van der Waals surface area contributed by atoms with E-state index in [1.165, 1.54) is 352 Å². The average Bonchev–Trinajstić information content (AvgIpc) is 0.824. The fraction of sp³-hybridized carbons (Fsp3) is 0.597. The molecule has 662 valence electrons. The van der Waals surface area contributed by atoms with Crippen LogP contribution in [-0.4, -0.2) is 0 Å². The van der Waals surface area contributed by atoms with Crippen molar-refractivity contribution in [2.45, 2.75) is 442 Å². The zero-order chi connectivity index (χ0) is 87.7. The summed E-state index contributed by atoms with van der Waals surface area (Å²) >= 11 is 0. The summed E-state index contributed by atoms with van der Waals surface area (Å²) in [5.41, 5.74) is 35.4. The van der Waals surface area contributed by atoms with E-state index < -0.39 is 0 Å². The van der Waals surface area contributed by atoms with Gasteiger partial charge in [-0.25, -0.2) is 0 Å². The number of rotatable bonds is 36. The summed E-state index contributed by atoms with van der Waals surface area (Å²) < 4.78 is 0. The molecule has 2 atom stereocenters. The van der Waals surface area contributed by atoms with Gasteiger partial charge in [0.05, 0.1) is 0 Å². The molecule has 8 aromatic carbocycles. The number of unbranched alkanes of at least 4 members (excludes halogenated alkanes) is 13. The maximum atomic E-state index is 2.39. The van der Waals surface area contributed by atoms with E-state index in [0.29, 0.717) is 0 Å². The smallest absolute Gasteiger partial charge is 0.0159 e. The summed E-state index contributed by atoms with van der Waals surface area (Å²) in [4.78, 5) is 0. The van der Waals surface area contributed by atoms with Crippen LogP contribution in [0.3, 0.4) is 0 Å². The van der Waals surface area contributed by atoms with Crippen molar-refractivity contribution in [2.75, 3.05) is 0 Å². The number of hydrogen-bond acceptors (Lipinski definition) is 0. The molecule has 0 heteroatoms. The third-order valence-electron chi connectivity index (χ3n) is 26.4. The van der Waals surface area contributed by atoms with Crippen LogP contribution in [-0.2, 0) is 44.9 Å². The fourth-order valence-electron chi connectivity index (χ4n) is 17.7. The van der Waals surface area contributed by atoms with Crippen LogP contribution in [0.1, 0.15) is 420 Å². The molecule has 8 aromatic rings. The second-order valence-electron chi connectivity index (χ2n) is 37.7. The fourth-order valence-corrected chi connectivity index (χ4v) is 17.7. The highest BCUT2D eigenvalue weighted by Gasteiger charge is 2.19. The Bertz CT molecular complexity index is 3840. The first kappa shape index (κ1) is 107. The van der Waals surface area contributed by atoms with Crippen molar-refractivity contribution in [1.29, 1.82) is 0 Å². The van der Waals surface area contributed by atoms with E-state index in [1.807, 2.05) is 0 Å². The molecule has 2 saturated carbocycles. The van der Waals surface area contributed by atoms with E-state index in [9.17, 15) is 0 Å². The van der Waals surface area contributed by atoms with Gasteiger partial charge in [-0.15, -0.1) is 0 Å². The quantitative estimate of drug-likeness (QED) is 0.0343. The maximum absolute atomic E-state index is 2.39. The Hall–Kier alpha value is -6.24. The topological polar surface area (TPSA) is 0 Å². The summed E-state index contributed by atoms with van der Waals surface area (Å²) in [5.74, 6) is 4.41. The summed E-state index contributed by atoms with van der Waals surface area (Å²) in [6.07, 6.45) is 55.9. The molecule has 0 heterocycles. The lowest BCUT2D eigenvalue weighted by atomic mass is 9.82. The second kappa shape index (κ2) is 64.5. The molecular weight excluding hydrogens is 1430 g/mol. The number of benzene rings is 8. The first-order valence-corrected chi connectivity index (χ1v) is 49.7. The van der Waals surface area contributed by atoms with Crippen LogP contribution in [0.2, 0.25) is 0 Å². The van der Waals surface area contributed by atoms with Crippen LogP contribution in [0.4, 0.5) is 0 Å². The van der Waals surface area contributed by atoms with E-state index in [4.69, 9.17) is 0 Å². The Morgan fingerprint density at radius 2 is 0.487 bits per heavy atom. The van der Waals surface area contributed by atoms with E-state index in [2.05, 4.69) is 319 Å². The zero-order valence-electron chi connectivity index (χ0n) is 82.7. The van der Waals surface area contributed by atoms with Gasteiger partial charge in [0.25, 0.3) is 0 Å². The molecule has 0 spiro atoms. The van der Waals surface area contributed by atoms with Crippen molar-refractivity contribution in [3.8, 4) is 0 Å². The minimum atomic E-state index is 0.851. The van der Waals surface area contributed by atoms with E-state index in [1.54, 1.807) is 44.5 Å². The van der Waals surface area contributed by atoms with Gasteiger partial charge in [-0.1, -0.05) is 439 Å². The molecule has 119 heavy (non-hydrogen) atoms. The highest BCUT2D eigenvalue weighted by molar-refractivity contribution is 5.37. The molecule has 0 nitrogen and oxygen atoms in total. The van der Waals surface area contributed by atoms with Gasteiger partial charge in [-0.3, -0.25) is 0 Å². The lowest BCUT2D eigenvalue weighted by molar-refractivity contribution is 0.356. The minimum Gasteiger partial charge on any atom is -0.0654 e. The van der Waals surface area contributed by atoms with Crippen LogP contribution in [0.25, 0.3) is 0 Å². The highest BCUT2D eigenvalue weighted by Crippen LogP contribution is 2.35. The van der Waals surface area contributed by atoms with Gasteiger partial charge in [0, 0.05) is 0 Å². The summed E-state index contributed by atoms with van der Waals surface area (Å²) in [6, 6.07) is 54.6.